The lowest BCUT2D eigenvalue weighted by Gasteiger charge is -2.34. The first kappa shape index (κ1) is 46.1. The van der Waals surface area contributed by atoms with Crippen LogP contribution in [-0.2, 0) is 27.3 Å². The zero-order valence-corrected chi connectivity index (χ0v) is 39.5. The average Bonchev–Trinajstić information content (AvgIpc) is 4.26. The highest BCUT2D eigenvalue weighted by atomic mass is 32.1. The van der Waals surface area contributed by atoms with Crippen molar-refractivity contribution < 1.29 is 23.9 Å². The number of fused-ring (bicyclic) bond motifs is 3. The molecule has 0 saturated carbocycles. The van der Waals surface area contributed by atoms with Gasteiger partial charge in [0.2, 0.25) is 16.2 Å². The Morgan fingerprint density at radius 1 is 0.814 bits per heavy atom. The van der Waals surface area contributed by atoms with E-state index in [1.165, 1.54) is 52.8 Å². The predicted octanol–water partition coefficient (Wildman–Crippen LogP) is 5.31. The van der Waals surface area contributed by atoms with Gasteiger partial charge in [-0.15, -0.1) is 11.3 Å². The molecule has 3 aromatic carbocycles. The molecule has 2 bridgehead atoms. The summed E-state index contributed by atoms with van der Waals surface area (Å²) in [6, 6.07) is 32.4. The van der Waals surface area contributed by atoms with Gasteiger partial charge < -0.3 is 35.5 Å². The van der Waals surface area contributed by atoms with E-state index >= 15 is 0 Å². The maximum atomic E-state index is 13.7. The first-order chi connectivity index (χ1) is 34.3. The molecule has 0 spiro atoms. The highest BCUT2D eigenvalue weighted by Gasteiger charge is 2.36. The van der Waals surface area contributed by atoms with Crippen molar-refractivity contribution in [3.8, 4) is 11.3 Å². The molecular weight excluding hydrogens is 927 g/mol. The molecule has 2 atom stereocenters. The Kier molecular flexibility index (Phi) is 14.0. The molecule has 0 aliphatic carbocycles. The molecule has 0 radical (unpaired) electrons. The number of benzene rings is 3. The van der Waals surface area contributed by atoms with Gasteiger partial charge in [0.25, 0.3) is 11.8 Å². The molecule has 5 N–H and O–H groups in total. The van der Waals surface area contributed by atoms with E-state index < -0.39 is 5.91 Å². The van der Waals surface area contributed by atoms with Gasteiger partial charge in [-0.05, 0) is 49.1 Å². The standard InChI is InChI=1S/C50H49N13O5S2/c64-42(30-61-22-18-35-25-36(26-54-45(35)61)46(65)52-19-17-32-11-15-39(16-12-32)62-28-37-13-14-38(29-62)56-37)51-20-23-68-24-21-53-47(66)41-27-55-49(70-41)59-58-44-43(34-9-5-2-6-10-34)60-63(48(44)67)50-57-40(31-69-50)33-7-3-1-4-8-33/h1-12,15-16,18,22,25-27,31,37-38,56H,13-14,17,19-21,23-24,28-30H2,(H,51,64)(H,52,65)(H,53,66)(H,55,59)/b58-44+/t37-,38+. The van der Waals surface area contributed by atoms with Crippen LogP contribution in [0.4, 0.5) is 16.0 Å². The van der Waals surface area contributed by atoms with Gasteiger partial charge in [-0.25, -0.2) is 15.0 Å². The summed E-state index contributed by atoms with van der Waals surface area (Å²) in [5, 5.41) is 25.9. The second kappa shape index (κ2) is 21.3. The SMILES string of the molecule is O=C(Cn1ccc2cc(C(=O)NCCc3ccc(N4C[C@H]5CC[C@@H](C4)N5)cc3)cnc21)NCCOCCNC(=O)c1cnc(N/N=C2/C(=O)N(c3nc(-c4ccccc4)cs3)N=C2c2ccccc2)s1. The van der Waals surface area contributed by atoms with Crippen LogP contribution in [0, 0.1) is 0 Å². The zero-order valence-electron chi connectivity index (χ0n) is 37.9. The normalized spacial score (nSPS) is 17.0. The Labute approximate surface area is 410 Å². The fraction of sp³-hybridized carbons (Fsp3) is 0.260. The van der Waals surface area contributed by atoms with Gasteiger partial charge >= 0.3 is 5.91 Å². The summed E-state index contributed by atoms with van der Waals surface area (Å²) in [7, 11) is 0. The zero-order chi connectivity index (χ0) is 47.8. The number of ether oxygens (including phenoxy) is 1. The molecule has 20 heteroatoms. The monoisotopic (exact) mass is 975 g/mol. The van der Waals surface area contributed by atoms with E-state index in [1.54, 1.807) is 16.8 Å². The van der Waals surface area contributed by atoms with Crippen molar-refractivity contribution in [1.82, 2.24) is 40.8 Å². The van der Waals surface area contributed by atoms with Gasteiger partial charge in [0.15, 0.2) is 5.71 Å². The van der Waals surface area contributed by atoms with Gasteiger partial charge in [-0.2, -0.15) is 15.2 Å². The average molecular weight is 976 g/mol. The van der Waals surface area contributed by atoms with E-state index in [1.807, 2.05) is 72.1 Å². The number of hydrogen-bond acceptors (Lipinski definition) is 15. The number of piperazine rings is 1. The van der Waals surface area contributed by atoms with Crippen LogP contribution in [0.5, 0.6) is 0 Å². The smallest absolute Gasteiger partial charge is 0.303 e. The third kappa shape index (κ3) is 10.8. The molecule has 0 unspecified atom stereocenters. The Balaban J connectivity index is 0.628. The van der Waals surface area contributed by atoms with Crippen LogP contribution in [-0.4, -0.2) is 113 Å². The lowest BCUT2D eigenvalue weighted by Crippen LogP contribution is -2.51. The van der Waals surface area contributed by atoms with Gasteiger partial charge in [0.1, 0.15) is 22.8 Å². The molecule has 2 saturated heterocycles. The van der Waals surface area contributed by atoms with Crippen molar-refractivity contribution >= 4 is 84.7 Å². The minimum Gasteiger partial charge on any atom is -0.378 e. The second-order valence-electron chi connectivity index (χ2n) is 16.9. The van der Waals surface area contributed by atoms with Crippen molar-refractivity contribution in [3.63, 3.8) is 0 Å². The Bertz CT molecular complexity index is 3050. The Morgan fingerprint density at radius 3 is 2.31 bits per heavy atom. The van der Waals surface area contributed by atoms with Crippen LogP contribution in [0.1, 0.15) is 44.0 Å². The number of carbonyl (C=O) groups excluding carboxylic acids is 4. The quantitative estimate of drug-likeness (QED) is 0.0518. The summed E-state index contributed by atoms with van der Waals surface area (Å²) in [6.07, 6.45) is 7.95. The number of carbonyl (C=O) groups is 4. The predicted molar refractivity (Wildman–Crippen MR) is 272 cm³/mol. The van der Waals surface area contributed by atoms with Crippen LogP contribution in [0.25, 0.3) is 22.3 Å². The highest BCUT2D eigenvalue weighted by molar-refractivity contribution is 7.17. The Morgan fingerprint density at radius 2 is 1.54 bits per heavy atom. The van der Waals surface area contributed by atoms with E-state index in [0.29, 0.717) is 56.3 Å². The molecule has 4 aromatic heterocycles. The number of anilines is 3. The highest BCUT2D eigenvalue weighted by Crippen LogP contribution is 2.31. The van der Waals surface area contributed by atoms with Gasteiger partial charge in [0.05, 0.1) is 30.7 Å². The number of aromatic nitrogens is 4. The summed E-state index contributed by atoms with van der Waals surface area (Å²) >= 11 is 2.38. The molecule has 7 aromatic rings. The third-order valence-electron chi connectivity index (χ3n) is 12.1. The Hall–Kier alpha value is -7.65. The first-order valence-electron chi connectivity index (χ1n) is 23.1. The molecule has 4 amide bonds. The largest absolute Gasteiger partial charge is 0.378 e. The summed E-state index contributed by atoms with van der Waals surface area (Å²) in [4.78, 5) is 68.6. The second-order valence-corrected chi connectivity index (χ2v) is 18.8. The van der Waals surface area contributed by atoms with Crippen LogP contribution >= 0.6 is 22.7 Å². The summed E-state index contributed by atoms with van der Waals surface area (Å²) in [6.45, 7) is 3.61. The molecule has 2 fully saturated rings. The van der Waals surface area contributed by atoms with Crippen molar-refractivity contribution in [2.75, 3.05) is 61.3 Å². The number of pyridine rings is 1. The van der Waals surface area contributed by atoms with Crippen LogP contribution in [0.3, 0.4) is 0 Å². The van der Waals surface area contributed by atoms with E-state index in [4.69, 9.17) is 4.74 Å². The third-order valence-corrected chi connectivity index (χ3v) is 13.8. The topological polar surface area (TPSA) is 212 Å². The van der Waals surface area contributed by atoms with E-state index in [-0.39, 0.29) is 56.3 Å². The molecule has 7 heterocycles. The fourth-order valence-electron chi connectivity index (χ4n) is 8.59. The number of hydrogen-bond donors (Lipinski definition) is 5. The van der Waals surface area contributed by atoms with Gasteiger partial charge in [-0.3, -0.25) is 24.6 Å². The molecule has 3 aliphatic heterocycles. The summed E-state index contributed by atoms with van der Waals surface area (Å²) in [5.74, 6) is -1.23. The van der Waals surface area contributed by atoms with Crippen LogP contribution in [0.2, 0.25) is 0 Å². The van der Waals surface area contributed by atoms with Crippen molar-refractivity contribution in [1.29, 1.82) is 0 Å². The number of rotatable bonds is 19. The molecule has 70 heavy (non-hydrogen) atoms. The first-order valence-corrected chi connectivity index (χ1v) is 24.8. The number of hydrazone groups is 2. The minimum atomic E-state index is -0.459. The van der Waals surface area contributed by atoms with Crippen molar-refractivity contribution in [2.24, 2.45) is 10.2 Å². The fourth-order valence-corrected chi connectivity index (χ4v) is 10.0. The maximum Gasteiger partial charge on any atom is 0.303 e. The van der Waals surface area contributed by atoms with Crippen molar-refractivity contribution in [3.05, 3.63) is 143 Å². The molecule has 10 rings (SSSR count). The van der Waals surface area contributed by atoms with E-state index in [9.17, 15) is 19.2 Å². The lowest BCUT2D eigenvalue weighted by atomic mass is 10.1. The molecule has 18 nitrogen and oxygen atoms in total. The molecule has 356 valence electrons. The van der Waals surface area contributed by atoms with Crippen LogP contribution in [0.15, 0.2) is 131 Å². The van der Waals surface area contributed by atoms with Gasteiger partial charge in [-0.1, -0.05) is 84.1 Å². The number of amides is 4. The summed E-state index contributed by atoms with van der Waals surface area (Å²) < 4.78 is 7.37. The molecular formula is C50H49N13O5S2. The van der Waals surface area contributed by atoms with Gasteiger partial charge in [0, 0.05) is 84.8 Å². The number of nitrogens with zero attached hydrogens (tertiary/aromatic N) is 8. The van der Waals surface area contributed by atoms with Crippen LogP contribution < -0.4 is 36.6 Å². The lowest BCUT2D eigenvalue weighted by molar-refractivity contribution is -0.121. The number of nitrogens with one attached hydrogen (secondary N) is 5. The van der Waals surface area contributed by atoms with E-state index in [0.717, 1.165) is 47.5 Å². The maximum absolute atomic E-state index is 13.7. The molecule has 3 aliphatic rings. The van der Waals surface area contributed by atoms with Crippen molar-refractivity contribution in [2.45, 2.75) is 37.9 Å². The minimum absolute atomic E-state index is 0.0458. The van der Waals surface area contributed by atoms with E-state index in [2.05, 4.69) is 81.0 Å². The summed E-state index contributed by atoms with van der Waals surface area (Å²) in [5.41, 5.74) is 9.10. The number of thiazole rings is 2.